The smallest absolute Gasteiger partial charge is 0.255 e. The van der Waals surface area contributed by atoms with E-state index in [0.29, 0.717) is 24.5 Å². The van der Waals surface area contributed by atoms with Gasteiger partial charge in [-0.05, 0) is 36.9 Å². The Bertz CT molecular complexity index is 993. The molecule has 2 heterocycles. The maximum absolute atomic E-state index is 13.1. The van der Waals surface area contributed by atoms with Crippen LogP contribution < -0.4 is 15.4 Å². The molecule has 1 amide bonds. The van der Waals surface area contributed by atoms with E-state index in [2.05, 4.69) is 21.7 Å². The van der Waals surface area contributed by atoms with E-state index < -0.39 is 5.54 Å². The normalized spacial score (nSPS) is 14.1. The van der Waals surface area contributed by atoms with E-state index in [4.69, 9.17) is 4.74 Å². The van der Waals surface area contributed by atoms with Gasteiger partial charge in [-0.1, -0.05) is 30.3 Å². The first-order valence-corrected chi connectivity index (χ1v) is 9.17. The van der Waals surface area contributed by atoms with Crippen LogP contribution in [0, 0.1) is 0 Å². The Morgan fingerprint density at radius 3 is 2.93 bits per heavy atom. The lowest BCUT2D eigenvalue weighted by molar-refractivity contribution is 0.0908. The van der Waals surface area contributed by atoms with Gasteiger partial charge in [0.05, 0.1) is 11.1 Å². The predicted octanol–water partition coefficient (Wildman–Crippen LogP) is 3.38. The molecule has 0 fully saturated rings. The molecule has 0 unspecified atom stereocenters. The van der Waals surface area contributed by atoms with Crippen molar-refractivity contribution in [2.75, 3.05) is 13.2 Å². The Kier molecular flexibility index (Phi) is 4.54. The van der Waals surface area contributed by atoms with Gasteiger partial charge >= 0.3 is 0 Å². The maximum Gasteiger partial charge on any atom is 0.255 e. The van der Waals surface area contributed by atoms with E-state index in [9.17, 15) is 4.79 Å². The minimum absolute atomic E-state index is 0.134. The van der Waals surface area contributed by atoms with Crippen molar-refractivity contribution in [3.63, 3.8) is 0 Å². The van der Waals surface area contributed by atoms with Gasteiger partial charge in [0.15, 0.2) is 0 Å². The number of carbonyl (C=O) groups excluding carboxylic acids is 1. The fourth-order valence-corrected chi connectivity index (χ4v) is 3.61. The summed E-state index contributed by atoms with van der Waals surface area (Å²) < 4.78 is 5.86. The van der Waals surface area contributed by atoms with Gasteiger partial charge in [-0.3, -0.25) is 9.78 Å². The molecule has 0 aliphatic carbocycles. The molecule has 0 saturated carbocycles. The Hall–Kier alpha value is -2.92. The zero-order valence-electron chi connectivity index (χ0n) is 15.6. The molecule has 0 spiro atoms. The third kappa shape index (κ3) is 3.38. The molecule has 4 rings (SSSR count). The van der Waals surface area contributed by atoms with Gasteiger partial charge in [0.2, 0.25) is 0 Å². The van der Waals surface area contributed by atoms with Crippen LogP contribution >= 0.6 is 0 Å². The highest BCUT2D eigenvalue weighted by molar-refractivity contribution is 5.98. The summed E-state index contributed by atoms with van der Waals surface area (Å²) >= 11 is 0. The molecule has 0 bridgehead atoms. The number of ether oxygens (including phenoxy) is 1. The van der Waals surface area contributed by atoms with Crippen molar-refractivity contribution >= 4 is 16.7 Å². The Labute approximate surface area is 158 Å². The summed E-state index contributed by atoms with van der Waals surface area (Å²) in [5, 5.41) is 8.64. The number of nitrogens with one attached hydrogen (secondary N) is 2. The number of carbonyl (C=O) groups is 1. The van der Waals surface area contributed by atoms with Crippen molar-refractivity contribution in [2.24, 2.45) is 0 Å². The molecular formula is C22H23N3O2. The molecule has 5 heteroatoms. The predicted molar refractivity (Wildman–Crippen MR) is 106 cm³/mol. The SMILES string of the molecule is CC(C)(NC(=O)c1cccc2c1OCCNC2)c1cccc2cnccc12. The van der Waals surface area contributed by atoms with E-state index in [0.717, 1.165) is 28.4 Å². The van der Waals surface area contributed by atoms with Crippen LogP contribution in [0.25, 0.3) is 10.8 Å². The second-order valence-electron chi connectivity index (χ2n) is 7.30. The first-order valence-electron chi connectivity index (χ1n) is 9.17. The molecular weight excluding hydrogens is 338 g/mol. The molecule has 3 aromatic rings. The van der Waals surface area contributed by atoms with Crippen LogP contribution in [0.5, 0.6) is 5.75 Å². The van der Waals surface area contributed by atoms with Gasteiger partial charge < -0.3 is 15.4 Å². The Balaban J connectivity index is 1.68. The summed E-state index contributed by atoms with van der Waals surface area (Å²) in [6.45, 7) is 6.06. The highest BCUT2D eigenvalue weighted by atomic mass is 16.5. The minimum Gasteiger partial charge on any atom is -0.491 e. The number of rotatable bonds is 3. The van der Waals surface area contributed by atoms with Crippen LogP contribution in [0.1, 0.15) is 35.3 Å². The Morgan fingerprint density at radius 1 is 1.19 bits per heavy atom. The molecule has 5 nitrogen and oxygen atoms in total. The zero-order chi connectivity index (χ0) is 18.9. The fraction of sp³-hybridized carbons (Fsp3) is 0.273. The van der Waals surface area contributed by atoms with Crippen molar-refractivity contribution in [3.05, 3.63) is 71.5 Å². The van der Waals surface area contributed by atoms with Crippen LogP contribution in [0.15, 0.2) is 54.9 Å². The van der Waals surface area contributed by atoms with E-state index in [-0.39, 0.29) is 5.91 Å². The quantitative estimate of drug-likeness (QED) is 0.751. The van der Waals surface area contributed by atoms with E-state index >= 15 is 0 Å². The lowest BCUT2D eigenvalue weighted by Crippen LogP contribution is -2.41. The molecule has 1 aromatic heterocycles. The maximum atomic E-state index is 13.1. The second-order valence-corrected chi connectivity index (χ2v) is 7.30. The lowest BCUT2D eigenvalue weighted by Gasteiger charge is -2.29. The molecule has 0 atom stereocenters. The van der Waals surface area contributed by atoms with E-state index in [1.54, 1.807) is 6.20 Å². The van der Waals surface area contributed by atoms with Crippen molar-refractivity contribution in [1.82, 2.24) is 15.6 Å². The third-order valence-corrected chi connectivity index (χ3v) is 4.96. The molecule has 1 aliphatic rings. The molecule has 0 saturated heterocycles. The number of fused-ring (bicyclic) bond motifs is 2. The number of pyridine rings is 1. The summed E-state index contributed by atoms with van der Waals surface area (Å²) in [6, 6.07) is 13.8. The van der Waals surface area contributed by atoms with Crippen LogP contribution in [0.3, 0.4) is 0 Å². The number of benzene rings is 2. The topological polar surface area (TPSA) is 63.2 Å². The second kappa shape index (κ2) is 7.00. The lowest BCUT2D eigenvalue weighted by atomic mass is 9.89. The van der Waals surface area contributed by atoms with Crippen LogP contribution in [0.2, 0.25) is 0 Å². The Morgan fingerprint density at radius 2 is 2.04 bits per heavy atom. The van der Waals surface area contributed by atoms with Crippen LogP contribution in [-0.4, -0.2) is 24.0 Å². The zero-order valence-corrected chi connectivity index (χ0v) is 15.6. The van der Waals surface area contributed by atoms with Crippen molar-refractivity contribution in [1.29, 1.82) is 0 Å². The number of aromatic nitrogens is 1. The third-order valence-electron chi connectivity index (χ3n) is 4.96. The summed E-state index contributed by atoms with van der Waals surface area (Å²) in [4.78, 5) is 17.3. The van der Waals surface area contributed by atoms with Crippen molar-refractivity contribution < 1.29 is 9.53 Å². The highest BCUT2D eigenvalue weighted by Crippen LogP contribution is 2.30. The average molecular weight is 361 g/mol. The molecule has 1 aliphatic heterocycles. The number of nitrogens with zero attached hydrogens (tertiary/aromatic N) is 1. The molecule has 2 N–H and O–H groups in total. The van der Waals surface area contributed by atoms with Crippen LogP contribution in [-0.2, 0) is 12.1 Å². The average Bonchev–Trinajstić information content (AvgIpc) is 2.92. The molecule has 27 heavy (non-hydrogen) atoms. The molecule has 0 radical (unpaired) electrons. The molecule has 138 valence electrons. The number of hydrogen-bond donors (Lipinski definition) is 2. The number of hydrogen-bond acceptors (Lipinski definition) is 4. The van der Waals surface area contributed by atoms with E-state index in [1.807, 2.05) is 56.4 Å². The summed E-state index contributed by atoms with van der Waals surface area (Å²) in [5.74, 6) is 0.544. The van der Waals surface area contributed by atoms with Gasteiger partial charge in [-0.2, -0.15) is 0 Å². The minimum atomic E-state index is -0.552. The molecule has 2 aromatic carbocycles. The summed E-state index contributed by atoms with van der Waals surface area (Å²) in [7, 11) is 0. The number of para-hydroxylation sites is 1. The van der Waals surface area contributed by atoms with Gasteiger partial charge in [0.25, 0.3) is 5.91 Å². The van der Waals surface area contributed by atoms with Crippen LogP contribution in [0.4, 0.5) is 0 Å². The van der Waals surface area contributed by atoms with Gasteiger partial charge in [0, 0.05) is 36.4 Å². The summed E-state index contributed by atoms with van der Waals surface area (Å²) in [6.07, 6.45) is 3.62. The number of amides is 1. The van der Waals surface area contributed by atoms with Crippen molar-refractivity contribution in [3.8, 4) is 5.75 Å². The monoisotopic (exact) mass is 361 g/mol. The van der Waals surface area contributed by atoms with Gasteiger partial charge in [-0.15, -0.1) is 0 Å². The summed E-state index contributed by atoms with van der Waals surface area (Å²) in [5.41, 5.74) is 2.09. The largest absolute Gasteiger partial charge is 0.491 e. The highest BCUT2D eigenvalue weighted by Gasteiger charge is 2.27. The first-order chi connectivity index (χ1) is 13.1. The van der Waals surface area contributed by atoms with E-state index in [1.165, 1.54) is 0 Å². The van der Waals surface area contributed by atoms with Gasteiger partial charge in [-0.25, -0.2) is 0 Å². The first kappa shape index (κ1) is 17.5. The van der Waals surface area contributed by atoms with Gasteiger partial charge in [0.1, 0.15) is 12.4 Å². The standard InChI is InChI=1S/C22H23N3O2/c1-22(2,19-8-4-5-15-13-23-10-9-17(15)19)25-21(26)18-7-3-6-16-14-24-11-12-27-20(16)18/h3-10,13,24H,11-12,14H2,1-2H3,(H,25,26). The fourth-order valence-electron chi connectivity index (χ4n) is 3.61. The van der Waals surface area contributed by atoms with Crippen molar-refractivity contribution in [2.45, 2.75) is 25.9 Å².